The van der Waals surface area contributed by atoms with Crippen LogP contribution in [0, 0.1) is 6.92 Å². The lowest BCUT2D eigenvalue weighted by Crippen LogP contribution is -2.29. The van der Waals surface area contributed by atoms with Gasteiger partial charge in [0.05, 0.1) is 0 Å². The second kappa shape index (κ2) is 9.62. The summed E-state index contributed by atoms with van der Waals surface area (Å²) in [6.45, 7) is 15.5. The van der Waals surface area contributed by atoms with Gasteiger partial charge >= 0.3 is 0 Å². The van der Waals surface area contributed by atoms with E-state index in [1.807, 2.05) is 20.0 Å². The molecule has 0 spiro atoms. The first kappa shape index (κ1) is 18.7. The van der Waals surface area contributed by atoms with Crippen LogP contribution in [0.3, 0.4) is 0 Å². The van der Waals surface area contributed by atoms with Crippen molar-refractivity contribution in [3.63, 3.8) is 0 Å². The molecule has 1 fully saturated rings. The molecule has 2 aliphatic rings. The number of hydrogen-bond donors (Lipinski definition) is 2. The number of nitrogens with zero attached hydrogens (tertiary/aromatic N) is 1. The maximum absolute atomic E-state index is 4.21. The molecule has 2 aliphatic heterocycles. The summed E-state index contributed by atoms with van der Waals surface area (Å²) < 4.78 is 0. The van der Waals surface area contributed by atoms with E-state index in [1.54, 1.807) is 0 Å². The summed E-state index contributed by atoms with van der Waals surface area (Å²) in [5.41, 5.74) is 4.04. The number of rotatable bonds is 2. The zero-order valence-corrected chi connectivity index (χ0v) is 15.0. The summed E-state index contributed by atoms with van der Waals surface area (Å²) >= 11 is 0. The molecule has 3 heteroatoms. The Balaban J connectivity index is 0.000000366. The van der Waals surface area contributed by atoms with Crippen LogP contribution in [-0.2, 0) is 6.42 Å². The quantitative estimate of drug-likeness (QED) is 0.776. The molecule has 0 aliphatic carbocycles. The first-order chi connectivity index (χ1) is 10.6. The second-order valence-corrected chi connectivity index (χ2v) is 5.88. The number of nitrogens with one attached hydrogen (secondary N) is 2. The van der Waals surface area contributed by atoms with E-state index in [9.17, 15) is 0 Å². The Kier molecular flexibility index (Phi) is 8.18. The van der Waals surface area contributed by atoms with E-state index >= 15 is 0 Å². The summed E-state index contributed by atoms with van der Waals surface area (Å²) in [7, 11) is 0. The number of hydrogen-bond acceptors (Lipinski definition) is 3. The van der Waals surface area contributed by atoms with Gasteiger partial charge in [-0.2, -0.15) is 0 Å². The van der Waals surface area contributed by atoms with Gasteiger partial charge < -0.3 is 10.6 Å². The van der Waals surface area contributed by atoms with Crippen LogP contribution >= 0.6 is 0 Å². The third kappa shape index (κ3) is 5.13. The largest absolute Gasteiger partial charge is 0.370 e. The maximum Gasteiger partial charge on any atom is 0.129 e. The topological polar surface area (TPSA) is 37.0 Å². The minimum atomic E-state index is 0. The zero-order valence-electron chi connectivity index (χ0n) is 15.0. The molecule has 126 valence electrons. The average molecular weight is 306 g/mol. The van der Waals surface area contributed by atoms with Gasteiger partial charge in [0.1, 0.15) is 5.82 Å². The molecule has 0 bridgehead atoms. The van der Waals surface area contributed by atoms with Gasteiger partial charge in [0.15, 0.2) is 0 Å². The van der Waals surface area contributed by atoms with Crippen LogP contribution in [0.2, 0.25) is 0 Å². The van der Waals surface area contributed by atoms with Crippen molar-refractivity contribution in [1.82, 2.24) is 10.3 Å². The van der Waals surface area contributed by atoms with Gasteiger partial charge in [0, 0.05) is 26.3 Å². The highest BCUT2D eigenvalue weighted by molar-refractivity contribution is 5.52. The van der Waals surface area contributed by atoms with Crippen LogP contribution in [0.15, 0.2) is 24.4 Å². The van der Waals surface area contributed by atoms with Gasteiger partial charge in [0.25, 0.3) is 0 Å². The van der Waals surface area contributed by atoms with E-state index in [-0.39, 0.29) is 1.43 Å². The summed E-state index contributed by atoms with van der Waals surface area (Å²) in [5.74, 6) is 1.08. The normalized spacial score (nSPS) is 21.7. The SMILES string of the molecule is C=C(C)C1CCC(CC)N1.CC.Cc1ccnc2c1CCN2.[HH]. The molecule has 2 unspecified atom stereocenters. The molecule has 22 heavy (non-hydrogen) atoms. The maximum atomic E-state index is 4.21. The number of anilines is 1. The van der Waals surface area contributed by atoms with Crippen LogP contribution < -0.4 is 10.6 Å². The Morgan fingerprint density at radius 3 is 2.64 bits per heavy atom. The summed E-state index contributed by atoms with van der Waals surface area (Å²) in [6.07, 6.45) is 6.85. The molecule has 3 heterocycles. The first-order valence-electron chi connectivity index (χ1n) is 8.71. The second-order valence-electron chi connectivity index (χ2n) is 5.88. The zero-order chi connectivity index (χ0) is 16.5. The van der Waals surface area contributed by atoms with Gasteiger partial charge in [-0.3, -0.25) is 0 Å². The lowest BCUT2D eigenvalue weighted by atomic mass is 10.1. The van der Waals surface area contributed by atoms with E-state index in [0.717, 1.165) is 24.8 Å². The number of aromatic nitrogens is 1. The third-order valence-corrected chi connectivity index (χ3v) is 4.29. The van der Waals surface area contributed by atoms with Crippen molar-refractivity contribution in [2.24, 2.45) is 0 Å². The van der Waals surface area contributed by atoms with Crippen LogP contribution in [-0.4, -0.2) is 23.6 Å². The van der Waals surface area contributed by atoms with Crippen molar-refractivity contribution in [3.8, 4) is 0 Å². The van der Waals surface area contributed by atoms with E-state index < -0.39 is 0 Å². The Morgan fingerprint density at radius 2 is 2.14 bits per heavy atom. The van der Waals surface area contributed by atoms with Crippen LogP contribution in [0.5, 0.6) is 0 Å². The fourth-order valence-electron chi connectivity index (χ4n) is 2.89. The highest BCUT2D eigenvalue weighted by Gasteiger charge is 2.21. The molecule has 3 nitrogen and oxygen atoms in total. The molecule has 0 amide bonds. The number of pyridine rings is 1. The predicted octanol–water partition coefficient (Wildman–Crippen LogP) is 4.72. The lowest BCUT2D eigenvalue weighted by molar-refractivity contribution is 0.557. The summed E-state index contributed by atoms with van der Waals surface area (Å²) in [5, 5.41) is 6.77. The average Bonchev–Trinajstić information content (AvgIpc) is 3.19. The minimum Gasteiger partial charge on any atom is -0.370 e. The molecule has 0 saturated carbocycles. The fourth-order valence-corrected chi connectivity index (χ4v) is 2.89. The summed E-state index contributed by atoms with van der Waals surface area (Å²) in [6, 6.07) is 3.41. The number of fused-ring (bicyclic) bond motifs is 1. The Bertz CT molecular complexity index is 474. The minimum absolute atomic E-state index is 0. The van der Waals surface area contributed by atoms with Gasteiger partial charge in [-0.15, -0.1) is 0 Å². The molecule has 1 saturated heterocycles. The van der Waals surface area contributed by atoms with Crippen molar-refractivity contribution < 1.29 is 1.43 Å². The Hall–Kier alpha value is -1.35. The predicted molar refractivity (Wildman–Crippen MR) is 99.7 cm³/mol. The van der Waals surface area contributed by atoms with Crippen LogP contribution in [0.4, 0.5) is 5.82 Å². The van der Waals surface area contributed by atoms with Gasteiger partial charge in [-0.1, -0.05) is 32.9 Å². The monoisotopic (exact) mass is 305 g/mol. The van der Waals surface area contributed by atoms with E-state index in [4.69, 9.17) is 0 Å². The fraction of sp³-hybridized carbons (Fsp3) is 0.632. The van der Waals surface area contributed by atoms with Crippen molar-refractivity contribution in [2.45, 2.75) is 72.4 Å². The first-order valence-corrected chi connectivity index (χ1v) is 8.71. The molecular weight excluding hydrogens is 270 g/mol. The van der Waals surface area contributed by atoms with E-state index in [2.05, 4.69) is 49.0 Å². The highest BCUT2D eigenvalue weighted by atomic mass is 15.0. The smallest absolute Gasteiger partial charge is 0.129 e. The molecule has 0 aromatic carbocycles. The highest BCUT2D eigenvalue weighted by Crippen LogP contribution is 2.21. The number of aryl methyl sites for hydroxylation is 1. The van der Waals surface area contributed by atoms with Crippen molar-refractivity contribution in [3.05, 3.63) is 35.5 Å². The molecular formula is C19H35N3. The Labute approximate surface area is 138 Å². The summed E-state index contributed by atoms with van der Waals surface area (Å²) in [4.78, 5) is 4.21. The van der Waals surface area contributed by atoms with Crippen molar-refractivity contribution in [2.75, 3.05) is 11.9 Å². The molecule has 2 atom stereocenters. The van der Waals surface area contributed by atoms with E-state index in [1.165, 1.54) is 36.0 Å². The van der Waals surface area contributed by atoms with Crippen molar-refractivity contribution >= 4 is 5.82 Å². The van der Waals surface area contributed by atoms with Crippen LogP contribution in [0.1, 0.15) is 59.5 Å². The van der Waals surface area contributed by atoms with Crippen molar-refractivity contribution in [1.29, 1.82) is 0 Å². The van der Waals surface area contributed by atoms with Gasteiger partial charge in [-0.25, -0.2) is 4.98 Å². The molecule has 3 rings (SSSR count). The van der Waals surface area contributed by atoms with Gasteiger partial charge in [-0.05, 0) is 56.7 Å². The molecule has 0 radical (unpaired) electrons. The van der Waals surface area contributed by atoms with E-state index in [0.29, 0.717) is 6.04 Å². The van der Waals surface area contributed by atoms with Crippen LogP contribution in [0.25, 0.3) is 0 Å². The van der Waals surface area contributed by atoms with Gasteiger partial charge in [0.2, 0.25) is 0 Å². The lowest BCUT2D eigenvalue weighted by Gasteiger charge is -2.11. The Morgan fingerprint density at radius 1 is 1.41 bits per heavy atom. The third-order valence-electron chi connectivity index (χ3n) is 4.29. The standard InChI is InChI=1S/C9H17N.C8H10N2.C2H6.H2/c1-4-8-5-6-9(10-8)7(2)3;1-6-2-4-9-8-7(6)3-5-10-8;1-2;/h8-10H,2,4-6H2,1,3H3;2,4H,3,5H2,1H3,(H,9,10);1-2H3;1H. The molecule has 1 aromatic rings. The molecule has 2 N–H and O–H groups in total. The molecule has 1 aromatic heterocycles.